The molecule has 0 spiro atoms. The van der Waals surface area contributed by atoms with Crippen molar-refractivity contribution < 1.29 is 52.1 Å². The summed E-state index contributed by atoms with van der Waals surface area (Å²) in [7, 11) is -3.96. The van der Waals surface area contributed by atoms with Crippen LogP contribution in [0.4, 0.5) is 0 Å². The summed E-state index contributed by atoms with van der Waals surface area (Å²) < 4.78 is 26.5. The van der Waals surface area contributed by atoms with Gasteiger partial charge in [0.05, 0.1) is 5.75 Å². The molecule has 0 N–H and O–H groups in total. The van der Waals surface area contributed by atoms with Gasteiger partial charge < -0.3 is 9.29 Å². The molecule has 0 rings (SSSR count). The Morgan fingerprint density at radius 1 is 0.870 bits per heavy atom. The van der Waals surface area contributed by atoms with Gasteiger partial charge in [0.25, 0.3) is 0 Å². The predicted molar refractivity (Wildman–Crippen MR) is 85.8 cm³/mol. The van der Waals surface area contributed by atoms with Crippen LogP contribution < -0.4 is 34.7 Å². The average Bonchev–Trinajstić information content (AvgIpc) is 2.44. The van der Waals surface area contributed by atoms with Crippen molar-refractivity contribution in [1.29, 1.82) is 0 Å². The third-order valence-electron chi connectivity index (χ3n) is 3.54. The zero-order valence-electron chi connectivity index (χ0n) is 14.8. The summed E-state index contributed by atoms with van der Waals surface area (Å²) in [5, 5.41) is 10.2. The Kier molecular flexibility index (Phi) is 19.2. The van der Waals surface area contributed by atoms with E-state index >= 15 is 0 Å². The molecule has 5 nitrogen and oxygen atoms in total. The fraction of sp³-hybridized carbons (Fsp3) is 0.938. The molecule has 0 atom stereocenters. The minimum Gasteiger partial charge on any atom is -0.854 e. The third kappa shape index (κ3) is 18.6. The van der Waals surface area contributed by atoms with E-state index in [2.05, 4.69) is 11.1 Å². The normalized spacial score (nSPS) is 11.0. The van der Waals surface area contributed by atoms with E-state index in [0.29, 0.717) is 6.42 Å². The van der Waals surface area contributed by atoms with Crippen molar-refractivity contribution in [2.45, 2.75) is 84.0 Å². The van der Waals surface area contributed by atoms with Gasteiger partial charge in [-0.2, -0.15) is 8.42 Å². The average molecular weight is 358 g/mol. The maximum Gasteiger partial charge on any atom is 1.00 e. The first kappa shape index (κ1) is 25.6. The van der Waals surface area contributed by atoms with Crippen LogP contribution >= 0.6 is 0 Å². The maximum atomic E-state index is 11.3. The van der Waals surface area contributed by atoms with Crippen LogP contribution in [-0.4, -0.2) is 26.7 Å². The van der Waals surface area contributed by atoms with Crippen molar-refractivity contribution in [3.05, 3.63) is 0 Å². The molecular formula is C16H31NaO5S. The Balaban J connectivity index is 0. The van der Waals surface area contributed by atoms with E-state index in [9.17, 15) is 18.3 Å². The van der Waals surface area contributed by atoms with E-state index in [1.807, 2.05) is 0 Å². The monoisotopic (exact) mass is 358 g/mol. The van der Waals surface area contributed by atoms with Crippen LogP contribution in [0.3, 0.4) is 0 Å². The van der Waals surface area contributed by atoms with Gasteiger partial charge in [0.1, 0.15) is 0 Å². The smallest absolute Gasteiger partial charge is 0.854 e. The number of hydrogen-bond acceptors (Lipinski definition) is 5. The summed E-state index contributed by atoms with van der Waals surface area (Å²) >= 11 is 0. The molecule has 0 saturated heterocycles. The zero-order valence-corrected chi connectivity index (χ0v) is 17.7. The molecule has 0 saturated carbocycles. The van der Waals surface area contributed by atoms with Crippen LogP contribution in [0.15, 0.2) is 0 Å². The molecule has 0 heterocycles. The van der Waals surface area contributed by atoms with Gasteiger partial charge in [0.15, 0.2) is 0 Å². The van der Waals surface area contributed by atoms with Crippen LogP contribution in [0.5, 0.6) is 0 Å². The number of rotatable bonds is 15. The van der Waals surface area contributed by atoms with Crippen molar-refractivity contribution in [2.24, 2.45) is 0 Å². The summed E-state index contributed by atoms with van der Waals surface area (Å²) in [5.41, 5.74) is 0. The Hall–Kier alpha value is 0.380. The van der Waals surface area contributed by atoms with E-state index in [1.54, 1.807) is 0 Å². The second kappa shape index (κ2) is 17.2. The minimum absolute atomic E-state index is 0. The van der Waals surface area contributed by atoms with Crippen LogP contribution in [0, 0.1) is 0 Å². The van der Waals surface area contributed by atoms with Gasteiger partial charge in [-0.05, 0) is 6.42 Å². The molecule has 0 fully saturated rings. The van der Waals surface area contributed by atoms with E-state index in [0.717, 1.165) is 19.3 Å². The van der Waals surface area contributed by atoms with Gasteiger partial charge >= 0.3 is 45.6 Å². The molecule has 0 aliphatic carbocycles. The first-order valence-electron chi connectivity index (χ1n) is 8.55. The van der Waals surface area contributed by atoms with Crippen LogP contribution in [-0.2, 0) is 19.1 Å². The largest absolute Gasteiger partial charge is 1.00 e. The first-order chi connectivity index (χ1) is 10.5. The van der Waals surface area contributed by atoms with Crippen molar-refractivity contribution in [3.8, 4) is 0 Å². The van der Waals surface area contributed by atoms with Crippen LogP contribution in [0.2, 0.25) is 0 Å². The predicted octanol–water partition coefficient (Wildman–Crippen LogP) is -0.0752. The van der Waals surface area contributed by atoms with Gasteiger partial charge in [0.2, 0.25) is 0 Å². The summed E-state index contributed by atoms with van der Waals surface area (Å²) in [6.45, 7) is 1.43. The second-order valence-electron chi connectivity index (χ2n) is 5.71. The third-order valence-corrected chi connectivity index (χ3v) is 4.64. The maximum absolute atomic E-state index is 11.3. The molecular weight excluding hydrogens is 327 g/mol. The Morgan fingerprint density at radius 2 is 1.30 bits per heavy atom. The van der Waals surface area contributed by atoms with Crippen molar-refractivity contribution >= 4 is 16.1 Å². The molecule has 0 aromatic rings. The van der Waals surface area contributed by atoms with Gasteiger partial charge in [-0.1, -0.05) is 71.1 Å². The SMILES string of the molecule is CCCCCCCCCCCCCC(=O)OS(=O)(=O)CC[O-].[Na+]. The van der Waals surface area contributed by atoms with Gasteiger partial charge in [-0.3, -0.25) is 4.79 Å². The molecule has 0 aliphatic heterocycles. The topological polar surface area (TPSA) is 83.5 Å². The van der Waals surface area contributed by atoms with Gasteiger partial charge in [-0.25, -0.2) is 0 Å². The van der Waals surface area contributed by atoms with Gasteiger partial charge in [-0.15, -0.1) is 6.61 Å². The fourth-order valence-electron chi connectivity index (χ4n) is 2.26. The molecule has 0 amide bonds. The Morgan fingerprint density at radius 3 is 1.74 bits per heavy atom. The fourth-order valence-corrected chi connectivity index (χ4v) is 2.91. The molecule has 0 unspecified atom stereocenters. The number of unbranched alkanes of at least 4 members (excludes halogenated alkanes) is 10. The summed E-state index contributed by atoms with van der Waals surface area (Å²) in [5.74, 6) is -1.39. The number of hydrogen-bond donors (Lipinski definition) is 0. The number of carbonyl (C=O) groups excluding carboxylic acids is 1. The van der Waals surface area contributed by atoms with Crippen molar-refractivity contribution in [1.82, 2.24) is 0 Å². The van der Waals surface area contributed by atoms with E-state index in [1.165, 1.54) is 44.9 Å². The summed E-state index contributed by atoms with van der Waals surface area (Å²) in [4.78, 5) is 11.3. The molecule has 23 heavy (non-hydrogen) atoms. The van der Waals surface area contributed by atoms with Crippen LogP contribution in [0.1, 0.15) is 84.0 Å². The summed E-state index contributed by atoms with van der Waals surface area (Å²) in [6, 6.07) is 0. The molecule has 0 aromatic carbocycles. The summed E-state index contributed by atoms with van der Waals surface area (Å²) in [6.07, 6.45) is 13.0. The quantitative estimate of drug-likeness (QED) is 0.232. The molecule has 0 aliphatic rings. The van der Waals surface area contributed by atoms with Gasteiger partial charge in [0, 0.05) is 6.42 Å². The molecule has 7 heteroatoms. The van der Waals surface area contributed by atoms with Crippen molar-refractivity contribution in [2.75, 3.05) is 12.4 Å². The Bertz CT molecular complexity index is 371. The zero-order chi connectivity index (χ0) is 16.7. The first-order valence-corrected chi connectivity index (χ1v) is 10.1. The van der Waals surface area contributed by atoms with E-state index in [-0.39, 0.29) is 36.0 Å². The molecule has 0 aromatic heterocycles. The van der Waals surface area contributed by atoms with E-state index < -0.39 is 28.4 Å². The minimum atomic E-state index is -3.96. The molecule has 0 bridgehead atoms. The van der Waals surface area contributed by atoms with Crippen molar-refractivity contribution in [3.63, 3.8) is 0 Å². The second-order valence-corrected chi connectivity index (χ2v) is 7.40. The molecule has 0 radical (unpaired) electrons. The molecule has 132 valence electrons. The van der Waals surface area contributed by atoms with E-state index in [4.69, 9.17) is 0 Å². The standard InChI is InChI=1S/C16H31O5S.Na/c1-2-3-4-5-6-7-8-9-10-11-12-13-16(18)21-22(19,20)15-14-17;/h2-15H2,1H3;/q-1;+1. The number of carbonyl (C=O) groups is 1. The van der Waals surface area contributed by atoms with Crippen LogP contribution in [0.25, 0.3) is 0 Å². The Labute approximate surface area is 164 Å².